The molecule has 0 aliphatic heterocycles. The zero-order chi connectivity index (χ0) is 34.3. The van der Waals surface area contributed by atoms with Crippen molar-refractivity contribution in [1.82, 2.24) is 0 Å². The molecule has 2 N–H and O–H groups in total. The average Bonchev–Trinajstić information content (AvgIpc) is 3.02. The van der Waals surface area contributed by atoms with Gasteiger partial charge in [0.1, 0.15) is 6.61 Å². The van der Waals surface area contributed by atoms with Gasteiger partial charge in [-0.3, -0.25) is 19.2 Å². The molecule has 0 spiro atoms. The smallest absolute Gasteiger partial charge is 0.311 e. The molecule has 0 saturated carbocycles. The summed E-state index contributed by atoms with van der Waals surface area (Å²) in [5.41, 5.74) is -2.90. The van der Waals surface area contributed by atoms with Gasteiger partial charge < -0.3 is 24.4 Å². The molecule has 0 aromatic heterocycles. The number of hydrogen-bond donors (Lipinski definition) is 2. The van der Waals surface area contributed by atoms with Gasteiger partial charge in [-0.25, -0.2) is 0 Å². The van der Waals surface area contributed by atoms with Crippen molar-refractivity contribution in [1.29, 1.82) is 0 Å². The fraction of sp³-hybridized carbons (Fsp3) is 0.722. The second-order valence-corrected chi connectivity index (χ2v) is 13.5. The van der Waals surface area contributed by atoms with Gasteiger partial charge >= 0.3 is 23.9 Å². The highest BCUT2D eigenvalue weighted by molar-refractivity contribution is 5.82. The minimum atomic E-state index is -1.46. The first-order valence-electron chi connectivity index (χ1n) is 16.5. The number of ether oxygens (including phenoxy) is 3. The van der Waals surface area contributed by atoms with E-state index in [-0.39, 0.29) is 50.7 Å². The molecule has 0 fully saturated rings. The van der Waals surface area contributed by atoms with E-state index in [0.29, 0.717) is 6.42 Å². The van der Waals surface area contributed by atoms with Crippen LogP contribution in [0.2, 0.25) is 0 Å². The molecule has 6 unspecified atom stereocenters. The summed E-state index contributed by atoms with van der Waals surface area (Å²) in [5.74, 6) is -3.67. The van der Waals surface area contributed by atoms with E-state index in [1.807, 2.05) is 44.2 Å². The molecule has 0 radical (unpaired) electrons. The van der Waals surface area contributed by atoms with Crippen LogP contribution in [0.15, 0.2) is 30.3 Å². The summed E-state index contributed by atoms with van der Waals surface area (Å²) >= 11 is 0. The molecule has 0 bridgehead atoms. The first-order chi connectivity index (χ1) is 21.1. The Labute approximate surface area is 270 Å². The number of carbonyl (C=O) groups excluding carboxylic acids is 3. The number of aliphatic carboxylic acids is 1. The highest BCUT2D eigenvalue weighted by Gasteiger charge is 2.50. The molecule has 45 heavy (non-hydrogen) atoms. The fourth-order valence-electron chi connectivity index (χ4n) is 6.37. The van der Waals surface area contributed by atoms with Crippen molar-refractivity contribution in [2.75, 3.05) is 26.9 Å². The van der Waals surface area contributed by atoms with Gasteiger partial charge in [-0.15, -0.1) is 0 Å². The van der Waals surface area contributed by atoms with Crippen LogP contribution in [-0.4, -0.2) is 61.0 Å². The molecule has 0 aliphatic rings. The van der Waals surface area contributed by atoms with E-state index in [2.05, 4.69) is 13.8 Å². The van der Waals surface area contributed by atoms with Crippen LogP contribution in [0.3, 0.4) is 0 Å². The minimum Gasteiger partial charge on any atom is -0.481 e. The molecule has 0 aliphatic carbocycles. The first-order valence-corrected chi connectivity index (χ1v) is 16.5. The standard InChI is InChI=1S/C36H58O9/c1-9-12-16-27(10-2)24-45-30(38)29(22-34(5,11-3)32(41)43-8)23-36(7,33(42)44-20-19-37)25-35(6,31(39)40)21-26(4)28-17-14-13-15-18-28/h13-15,17-18,26-27,29,37H,9-12,16,19-25H2,1-8H3,(H,39,40). The lowest BCUT2D eigenvalue weighted by Gasteiger charge is -2.39. The molecular weight excluding hydrogens is 576 g/mol. The van der Waals surface area contributed by atoms with E-state index < -0.39 is 52.6 Å². The number of unbranched alkanes of at least 4 members (excludes halogenated alkanes) is 1. The van der Waals surface area contributed by atoms with Crippen molar-refractivity contribution >= 4 is 23.9 Å². The van der Waals surface area contributed by atoms with Crippen LogP contribution in [0.5, 0.6) is 0 Å². The number of benzene rings is 1. The van der Waals surface area contributed by atoms with E-state index in [0.717, 1.165) is 31.2 Å². The largest absolute Gasteiger partial charge is 0.481 e. The second-order valence-electron chi connectivity index (χ2n) is 13.5. The maximum absolute atomic E-state index is 13.8. The van der Waals surface area contributed by atoms with Gasteiger partial charge in [0, 0.05) is 0 Å². The number of rotatable bonds is 22. The molecule has 1 rings (SSSR count). The number of carboxylic acids is 1. The van der Waals surface area contributed by atoms with E-state index in [1.165, 1.54) is 7.11 Å². The summed E-state index contributed by atoms with van der Waals surface area (Å²) in [6.45, 7) is 12.4. The molecular formula is C36H58O9. The molecule has 1 aromatic rings. The molecule has 256 valence electrons. The van der Waals surface area contributed by atoms with Gasteiger partial charge in [0.25, 0.3) is 0 Å². The predicted octanol–water partition coefficient (Wildman–Crippen LogP) is 6.95. The van der Waals surface area contributed by atoms with Gasteiger partial charge in [0.2, 0.25) is 0 Å². The second kappa shape index (κ2) is 18.9. The third-order valence-electron chi connectivity index (χ3n) is 9.43. The van der Waals surface area contributed by atoms with Gasteiger partial charge in [0.15, 0.2) is 0 Å². The normalized spacial score (nSPS) is 17.4. The maximum atomic E-state index is 13.8. The van der Waals surface area contributed by atoms with Gasteiger partial charge in [-0.05, 0) is 76.7 Å². The van der Waals surface area contributed by atoms with Crippen LogP contribution in [-0.2, 0) is 33.4 Å². The highest BCUT2D eigenvalue weighted by Crippen LogP contribution is 2.47. The molecule has 9 nitrogen and oxygen atoms in total. The predicted molar refractivity (Wildman–Crippen MR) is 173 cm³/mol. The van der Waals surface area contributed by atoms with E-state index in [4.69, 9.17) is 14.2 Å². The third kappa shape index (κ3) is 12.1. The lowest BCUT2D eigenvalue weighted by atomic mass is 9.64. The summed E-state index contributed by atoms with van der Waals surface area (Å²) in [7, 11) is 1.30. The van der Waals surface area contributed by atoms with Gasteiger partial charge in [-0.2, -0.15) is 0 Å². The topological polar surface area (TPSA) is 136 Å². The van der Waals surface area contributed by atoms with Gasteiger partial charge in [0.05, 0.1) is 42.5 Å². The fourth-order valence-corrected chi connectivity index (χ4v) is 6.37. The Bertz CT molecular complexity index is 1070. The minimum absolute atomic E-state index is 0.0494. The highest BCUT2D eigenvalue weighted by atomic mass is 16.5. The Balaban J connectivity index is 3.56. The molecule has 0 saturated heterocycles. The Hall–Kier alpha value is -2.94. The number of aliphatic hydroxyl groups excluding tert-OH is 1. The summed E-state index contributed by atoms with van der Waals surface area (Å²) < 4.78 is 16.4. The Kier molecular flexibility index (Phi) is 16.8. The van der Waals surface area contributed by atoms with Crippen LogP contribution in [0.25, 0.3) is 0 Å². The SMILES string of the molecule is CCCCC(CC)COC(=O)C(CC(C)(CC)C(=O)OC)CC(C)(CC(C)(CC(C)c1ccccc1)C(=O)O)C(=O)OCCO. The summed E-state index contributed by atoms with van der Waals surface area (Å²) in [6, 6.07) is 9.57. The van der Waals surface area contributed by atoms with Crippen LogP contribution < -0.4 is 0 Å². The zero-order valence-electron chi connectivity index (χ0n) is 28.9. The van der Waals surface area contributed by atoms with Gasteiger partial charge in [-0.1, -0.05) is 77.3 Å². The van der Waals surface area contributed by atoms with Crippen molar-refractivity contribution < 1.29 is 43.6 Å². The van der Waals surface area contributed by atoms with E-state index in [1.54, 1.807) is 20.8 Å². The molecule has 0 amide bonds. The third-order valence-corrected chi connectivity index (χ3v) is 9.43. The van der Waals surface area contributed by atoms with E-state index in [9.17, 15) is 29.4 Å². The summed E-state index contributed by atoms with van der Waals surface area (Å²) in [4.78, 5) is 53.3. The molecule has 1 aromatic carbocycles. The van der Waals surface area contributed by atoms with Crippen molar-refractivity contribution in [3.8, 4) is 0 Å². The Morgan fingerprint density at radius 3 is 2.00 bits per heavy atom. The number of methoxy groups -OCH3 is 1. The number of esters is 3. The summed E-state index contributed by atoms with van der Waals surface area (Å²) in [6.07, 6.45) is 4.23. The van der Waals surface area contributed by atoms with Crippen LogP contribution >= 0.6 is 0 Å². The van der Waals surface area contributed by atoms with Crippen molar-refractivity contribution in [3.63, 3.8) is 0 Å². The first kappa shape index (κ1) is 40.1. The van der Waals surface area contributed by atoms with E-state index >= 15 is 0 Å². The zero-order valence-corrected chi connectivity index (χ0v) is 28.9. The van der Waals surface area contributed by atoms with Crippen molar-refractivity contribution in [2.45, 2.75) is 112 Å². The van der Waals surface area contributed by atoms with Crippen LogP contribution in [0.1, 0.15) is 118 Å². The lowest BCUT2D eigenvalue weighted by molar-refractivity contribution is -0.166. The molecule has 9 heteroatoms. The molecule has 0 heterocycles. The number of carbonyl (C=O) groups is 4. The van der Waals surface area contributed by atoms with Crippen LogP contribution in [0, 0.1) is 28.1 Å². The lowest BCUT2D eigenvalue weighted by Crippen LogP contribution is -2.44. The van der Waals surface area contributed by atoms with Crippen molar-refractivity contribution in [3.05, 3.63) is 35.9 Å². The number of carboxylic acid groups (broad SMARTS) is 1. The van der Waals surface area contributed by atoms with Crippen LogP contribution in [0.4, 0.5) is 0 Å². The maximum Gasteiger partial charge on any atom is 0.311 e. The molecule has 6 atom stereocenters. The monoisotopic (exact) mass is 634 g/mol. The quantitative estimate of drug-likeness (QED) is 0.103. The Morgan fingerprint density at radius 2 is 1.49 bits per heavy atom. The summed E-state index contributed by atoms with van der Waals surface area (Å²) in [5, 5.41) is 19.9. The van der Waals surface area contributed by atoms with Crippen molar-refractivity contribution in [2.24, 2.45) is 28.1 Å². The number of hydrogen-bond acceptors (Lipinski definition) is 8. The number of aliphatic hydroxyl groups is 1. The average molecular weight is 635 g/mol. The Morgan fingerprint density at radius 1 is 0.867 bits per heavy atom.